The lowest BCUT2D eigenvalue weighted by atomic mass is 10.1. The van der Waals surface area contributed by atoms with Gasteiger partial charge in [0, 0.05) is 17.3 Å². The highest BCUT2D eigenvalue weighted by atomic mass is 32.2. The number of halogens is 1. The van der Waals surface area contributed by atoms with Gasteiger partial charge in [0.1, 0.15) is 11.9 Å². The summed E-state index contributed by atoms with van der Waals surface area (Å²) in [6.07, 6.45) is 0.483. The van der Waals surface area contributed by atoms with Gasteiger partial charge in [0.2, 0.25) is 5.91 Å². The van der Waals surface area contributed by atoms with Crippen molar-refractivity contribution in [3.05, 3.63) is 29.6 Å². The van der Waals surface area contributed by atoms with Crippen LogP contribution < -0.4 is 10.6 Å². The Bertz CT molecular complexity index is 644. The van der Waals surface area contributed by atoms with Crippen LogP contribution in [0.15, 0.2) is 18.2 Å². The summed E-state index contributed by atoms with van der Waals surface area (Å²) in [6, 6.07) is 3.16. The summed E-state index contributed by atoms with van der Waals surface area (Å²) in [7, 11) is -3.01. The number of hydrogen-bond donors (Lipinski definition) is 2. The molecule has 0 spiro atoms. The van der Waals surface area contributed by atoms with E-state index >= 15 is 0 Å². The van der Waals surface area contributed by atoms with Crippen molar-refractivity contribution in [3.8, 4) is 0 Å². The third-order valence-corrected chi connectivity index (χ3v) is 5.25. The summed E-state index contributed by atoms with van der Waals surface area (Å²) in [5, 5.41) is 5.66. The third kappa shape index (κ3) is 2.35. The summed E-state index contributed by atoms with van der Waals surface area (Å²) in [5.41, 5.74) is 1.11. The van der Waals surface area contributed by atoms with E-state index < -0.39 is 21.7 Å². The molecule has 1 saturated heterocycles. The van der Waals surface area contributed by atoms with Crippen LogP contribution in [0.25, 0.3) is 0 Å². The van der Waals surface area contributed by atoms with Crippen LogP contribution in [0.2, 0.25) is 0 Å². The number of fused-ring (bicyclic) bond motifs is 1. The van der Waals surface area contributed by atoms with Crippen LogP contribution in [0.4, 0.5) is 10.1 Å². The van der Waals surface area contributed by atoms with E-state index in [0.717, 1.165) is 0 Å². The summed E-state index contributed by atoms with van der Waals surface area (Å²) in [6.45, 7) is 0. The van der Waals surface area contributed by atoms with Crippen LogP contribution in [0.1, 0.15) is 18.0 Å². The first-order chi connectivity index (χ1) is 8.94. The molecule has 1 aromatic rings. The highest BCUT2D eigenvalue weighted by Crippen LogP contribution is 2.32. The van der Waals surface area contributed by atoms with Gasteiger partial charge in [-0.25, -0.2) is 12.8 Å². The molecule has 2 atom stereocenters. The number of rotatable bonds is 2. The first-order valence-corrected chi connectivity index (χ1v) is 7.83. The van der Waals surface area contributed by atoms with Gasteiger partial charge in [-0.05, 0) is 24.6 Å². The van der Waals surface area contributed by atoms with Crippen molar-refractivity contribution in [3.63, 3.8) is 0 Å². The number of nitrogens with one attached hydrogen (secondary N) is 2. The monoisotopic (exact) mass is 284 g/mol. The summed E-state index contributed by atoms with van der Waals surface area (Å²) >= 11 is 0. The lowest BCUT2D eigenvalue weighted by Crippen LogP contribution is -2.37. The molecule has 1 fully saturated rings. The van der Waals surface area contributed by atoms with E-state index in [2.05, 4.69) is 10.6 Å². The van der Waals surface area contributed by atoms with E-state index in [9.17, 15) is 17.6 Å². The number of amides is 1. The fourth-order valence-corrected chi connectivity index (χ4v) is 4.25. The topological polar surface area (TPSA) is 75.3 Å². The molecular formula is C12H13FN2O3S. The predicted octanol–water partition coefficient (Wildman–Crippen LogP) is 0.596. The van der Waals surface area contributed by atoms with E-state index in [1.165, 1.54) is 18.2 Å². The van der Waals surface area contributed by atoms with Gasteiger partial charge < -0.3 is 5.32 Å². The fraction of sp³-hybridized carbons (Fsp3) is 0.417. The highest BCUT2D eigenvalue weighted by Gasteiger charge is 2.36. The van der Waals surface area contributed by atoms with Gasteiger partial charge in [-0.1, -0.05) is 0 Å². The number of carbonyl (C=O) groups excluding carboxylic acids is 1. The van der Waals surface area contributed by atoms with Gasteiger partial charge in [0.25, 0.3) is 0 Å². The van der Waals surface area contributed by atoms with Crippen LogP contribution in [0.3, 0.4) is 0 Å². The number of anilines is 1. The summed E-state index contributed by atoms with van der Waals surface area (Å²) < 4.78 is 36.0. The van der Waals surface area contributed by atoms with Gasteiger partial charge >= 0.3 is 0 Å². The van der Waals surface area contributed by atoms with Gasteiger partial charge in [-0.15, -0.1) is 0 Å². The van der Waals surface area contributed by atoms with Crippen molar-refractivity contribution in [1.82, 2.24) is 5.32 Å². The molecule has 2 unspecified atom stereocenters. The van der Waals surface area contributed by atoms with Crippen LogP contribution in [0.5, 0.6) is 0 Å². The summed E-state index contributed by atoms with van der Waals surface area (Å²) in [5.74, 6) is -0.526. The smallest absolute Gasteiger partial charge is 0.246 e. The second-order valence-electron chi connectivity index (χ2n) is 4.92. The predicted molar refractivity (Wildman–Crippen MR) is 68.0 cm³/mol. The molecule has 1 amide bonds. The van der Waals surface area contributed by atoms with Crippen molar-refractivity contribution >= 4 is 21.4 Å². The Balaban J connectivity index is 1.83. The first kappa shape index (κ1) is 12.6. The first-order valence-electron chi connectivity index (χ1n) is 6.01. The second kappa shape index (κ2) is 4.28. The Labute approximate surface area is 110 Å². The van der Waals surface area contributed by atoms with Crippen molar-refractivity contribution < 1.29 is 17.6 Å². The molecule has 1 aromatic carbocycles. The number of hydrogen-bond acceptors (Lipinski definition) is 4. The molecule has 19 heavy (non-hydrogen) atoms. The number of sulfone groups is 1. The quantitative estimate of drug-likeness (QED) is 0.833. The molecule has 0 aromatic heterocycles. The van der Waals surface area contributed by atoms with Crippen molar-refractivity contribution in [2.45, 2.75) is 18.5 Å². The minimum atomic E-state index is -3.01. The van der Waals surface area contributed by atoms with Crippen LogP contribution in [0, 0.1) is 5.82 Å². The van der Waals surface area contributed by atoms with E-state index in [0.29, 0.717) is 17.7 Å². The van der Waals surface area contributed by atoms with Gasteiger partial charge in [0.15, 0.2) is 9.84 Å². The van der Waals surface area contributed by atoms with Gasteiger partial charge in [-0.2, -0.15) is 0 Å². The standard InChI is InChI=1S/C12H13FN2O3S/c13-7-1-2-10-9(5-7)11(12(16)15-10)14-8-3-4-19(17,18)6-8/h1-2,5,8,11,14H,3-4,6H2,(H,15,16). The molecule has 0 bridgehead atoms. The van der Waals surface area contributed by atoms with E-state index in [1.54, 1.807) is 0 Å². The maximum atomic E-state index is 13.2. The molecule has 2 heterocycles. The van der Waals surface area contributed by atoms with Crippen LogP contribution in [-0.4, -0.2) is 31.9 Å². The fourth-order valence-electron chi connectivity index (χ4n) is 2.56. The Morgan fingerprint density at radius 3 is 2.84 bits per heavy atom. The van der Waals surface area contributed by atoms with Crippen molar-refractivity contribution in [1.29, 1.82) is 0 Å². The van der Waals surface area contributed by atoms with Crippen molar-refractivity contribution in [2.75, 3.05) is 16.8 Å². The van der Waals surface area contributed by atoms with E-state index in [1.807, 2.05) is 0 Å². The lowest BCUT2D eigenvalue weighted by molar-refractivity contribution is -0.117. The minimum absolute atomic E-state index is 0.0292. The molecular weight excluding hydrogens is 271 g/mol. The van der Waals surface area contributed by atoms with Gasteiger partial charge in [0.05, 0.1) is 11.5 Å². The maximum Gasteiger partial charge on any atom is 0.246 e. The zero-order chi connectivity index (χ0) is 13.6. The molecule has 7 heteroatoms. The Hall–Kier alpha value is -1.47. The zero-order valence-corrected chi connectivity index (χ0v) is 10.8. The summed E-state index contributed by atoms with van der Waals surface area (Å²) in [4.78, 5) is 11.8. The molecule has 3 rings (SSSR count). The number of benzene rings is 1. The Kier molecular flexibility index (Phi) is 2.83. The van der Waals surface area contributed by atoms with Crippen molar-refractivity contribution in [2.24, 2.45) is 0 Å². The SMILES string of the molecule is O=C1Nc2ccc(F)cc2C1NC1CCS(=O)(=O)C1. The minimum Gasteiger partial charge on any atom is -0.324 e. The largest absolute Gasteiger partial charge is 0.324 e. The molecule has 2 aliphatic heterocycles. The van der Waals surface area contributed by atoms with Crippen LogP contribution in [-0.2, 0) is 14.6 Å². The maximum absolute atomic E-state index is 13.2. The third-order valence-electron chi connectivity index (χ3n) is 3.48. The molecule has 2 aliphatic rings. The average Bonchev–Trinajstić information content (AvgIpc) is 2.81. The molecule has 102 valence electrons. The highest BCUT2D eigenvalue weighted by molar-refractivity contribution is 7.91. The molecule has 2 N–H and O–H groups in total. The normalized spacial score (nSPS) is 28.2. The Morgan fingerprint density at radius 1 is 1.37 bits per heavy atom. The molecule has 0 aliphatic carbocycles. The Morgan fingerprint density at radius 2 is 2.16 bits per heavy atom. The van der Waals surface area contributed by atoms with E-state index in [-0.39, 0.29) is 23.5 Å². The molecule has 0 radical (unpaired) electrons. The van der Waals surface area contributed by atoms with E-state index in [4.69, 9.17) is 0 Å². The molecule has 0 saturated carbocycles. The second-order valence-corrected chi connectivity index (χ2v) is 7.15. The number of carbonyl (C=O) groups is 1. The van der Waals surface area contributed by atoms with Crippen LogP contribution >= 0.6 is 0 Å². The molecule has 5 nitrogen and oxygen atoms in total. The zero-order valence-electron chi connectivity index (χ0n) is 10.0. The lowest BCUT2D eigenvalue weighted by Gasteiger charge is -2.16. The van der Waals surface area contributed by atoms with Gasteiger partial charge in [-0.3, -0.25) is 10.1 Å². The average molecular weight is 284 g/mol.